The van der Waals surface area contributed by atoms with Crippen molar-refractivity contribution in [3.63, 3.8) is 0 Å². The van der Waals surface area contributed by atoms with Gasteiger partial charge in [0.1, 0.15) is 60.6 Å². The van der Waals surface area contributed by atoms with E-state index in [4.69, 9.17) is 33.2 Å². The molecule has 2 N–H and O–H groups in total. The molecule has 8 amide bonds. The predicted octanol–water partition coefficient (Wildman–Crippen LogP) is 10.9. The molecule has 0 saturated carbocycles. The van der Waals surface area contributed by atoms with Gasteiger partial charge in [-0.1, -0.05) is 54.7 Å². The van der Waals surface area contributed by atoms with Crippen LogP contribution in [-0.4, -0.2) is 172 Å². The summed E-state index contributed by atoms with van der Waals surface area (Å²) in [6, 6.07) is 24.6. The number of carboxylic acid groups (broad SMARTS) is 2. The Morgan fingerprint density at radius 3 is 1.15 bits per heavy atom. The van der Waals surface area contributed by atoms with Crippen LogP contribution in [0.25, 0.3) is 0 Å². The van der Waals surface area contributed by atoms with E-state index in [0.717, 1.165) is 32.9 Å². The van der Waals surface area contributed by atoms with Gasteiger partial charge in [-0.3, -0.25) is 62.8 Å². The average Bonchev–Trinajstić information content (AvgIpc) is 1.63. The van der Waals surface area contributed by atoms with Crippen LogP contribution in [0.3, 0.4) is 0 Å². The summed E-state index contributed by atoms with van der Waals surface area (Å²) >= 11 is 0. The number of rotatable bonds is 34. The number of imide groups is 4. The number of aldehydes is 1. The van der Waals surface area contributed by atoms with Crippen molar-refractivity contribution in [1.29, 1.82) is 0 Å². The Kier molecular flexibility index (Phi) is 22.1. The normalized spacial score (nSPS) is 14.4. The minimum atomic E-state index is -1.46. The maximum absolute atomic E-state index is 14.0. The molecule has 4 aliphatic heterocycles. The Balaban J connectivity index is 0.678. The number of carboxylic acids is 2. The molecular formula is C77H72N4O23. The molecule has 6 aromatic rings. The smallest absolute Gasteiger partial charge is 0.339 e. The lowest BCUT2D eigenvalue weighted by molar-refractivity contribution is -0.138. The second-order valence-electron chi connectivity index (χ2n) is 27.1. The fourth-order valence-electron chi connectivity index (χ4n) is 13.0. The summed E-state index contributed by atoms with van der Waals surface area (Å²) < 4.78 is 38.2. The van der Waals surface area contributed by atoms with Crippen molar-refractivity contribution in [3.05, 3.63) is 201 Å². The van der Waals surface area contributed by atoms with Gasteiger partial charge >= 0.3 is 29.8 Å². The summed E-state index contributed by atoms with van der Waals surface area (Å²) in [5.74, 6) is -9.47. The van der Waals surface area contributed by atoms with Gasteiger partial charge < -0.3 is 43.4 Å². The highest BCUT2D eigenvalue weighted by molar-refractivity contribution is 6.24. The summed E-state index contributed by atoms with van der Waals surface area (Å²) in [6.45, 7) is 17.3. The Morgan fingerprint density at radius 1 is 0.433 bits per heavy atom. The quantitative estimate of drug-likeness (QED) is 0.00946. The first-order valence-electron chi connectivity index (χ1n) is 33.0. The van der Waals surface area contributed by atoms with Crippen LogP contribution in [0.4, 0.5) is 0 Å². The van der Waals surface area contributed by atoms with Crippen LogP contribution in [0.2, 0.25) is 0 Å². The Labute approximate surface area is 595 Å². The van der Waals surface area contributed by atoms with E-state index in [1.54, 1.807) is 0 Å². The van der Waals surface area contributed by atoms with Gasteiger partial charge in [0.15, 0.2) is 0 Å². The monoisotopic (exact) mass is 1420 g/mol. The zero-order chi connectivity index (χ0) is 75.2. The molecule has 104 heavy (non-hydrogen) atoms. The van der Waals surface area contributed by atoms with Gasteiger partial charge in [-0.25, -0.2) is 24.0 Å². The van der Waals surface area contributed by atoms with Gasteiger partial charge in [0.25, 0.3) is 47.3 Å². The number of nitrogens with zero attached hydrogens (tertiary/aromatic N) is 4. The standard InChI is InChI=1S/C77H72N4O23/c1-9-63(83)99-28-29-101-74(96)56-21-15-49(34-61(56)73(94)95)103-48-13-19-54-60(33-48)71(91)81(67(54)87)41-77(7,8)37-42(2)22-24-78-64(84)51-16-10-45(30-57(51)68(78)88)102-47-12-18-53-59(32-47)70(90)80(66(53)86)40-76(5,6)36-43(3)23-25-79-65(85)52-17-11-46(31-58(52)69(79)89)104-50-14-20-55(72(92)93)62(35-50)75(97)100-27-26-98-39-44(4)38-82/h9-21,30-35,38,42-43H,1,4,22-29,36-37,39-41H2,2-3,5-8H3,(H,92,93)(H,94,95). The van der Waals surface area contributed by atoms with Crippen molar-refractivity contribution >= 4 is 83.4 Å². The highest BCUT2D eigenvalue weighted by Crippen LogP contribution is 2.40. The molecule has 0 radical (unpaired) electrons. The highest BCUT2D eigenvalue weighted by Gasteiger charge is 2.43. The number of amides is 8. The molecule has 0 saturated heterocycles. The second-order valence-corrected chi connectivity index (χ2v) is 27.1. The van der Waals surface area contributed by atoms with Gasteiger partial charge in [0, 0.05) is 37.8 Å². The van der Waals surface area contributed by atoms with Crippen LogP contribution in [-0.2, 0) is 28.5 Å². The minimum absolute atomic E-state index is 0.000801. The molecule has 6 aromatic carbocycles. The van der Waals surface area contributed by atoms with E-state index in [-0.39, 0.29) is 172 Å². The van der Waals surface area contributed by atoms with Crippen molar-refractivity contribution in [2.75, 3.05) is 59.2 Å². The largest absolute Gasteiger partial charge is 0.478 e. The fraction of sp³-hybridized carbons (Fsp3) is 0.299. The molecule has 538 valence electrons. The van der Waals surface area contributed by atoms with E-state index in [0.29, 0.717) is 32.0 Å². The van der Waals surface area contributed by atoms with E-state index < -0.39 is 93.5 Å². The van der Waals surface area contributed by atoms with Crippen molar-refractivity contribution in [3.8, 4) is 34.5 Å². The average molecular weight is 1420 g/mol. The first kappa shape index (κ1) is 74.4. The second kappa shape index (κ2) is 30.9. The molecule has 0 spiro atoms. The molecular weight excluding hydrogens is 1350 g/mol. The van der Waals surface area contributed by atoms with Crippen molar-refractivity contribution < 1.29 is 110 Å². The van der Waals surface area contributed by atoms with Gasteiger partial charge in [0.2, 0.25) is 0 Å². The molecule has 0 aromatic heterocycles. The topological polar surface area (TPSA) is 357 Å². The van der Waals surface area contributed by atoms with Crippen LogP contribution >= 0.6 is 0 Å². The van der Waals surface area contributed by atoms with Gasteiger partial charge in [-0.2, -0.15) is 0 Å². The SMILES string of the molecule is C=CC(=O)OCCOC(=O)c1ccc(Oc2ccc3c(c2)C(=O)N(CC(C)(C)CC(C)CCN2C(=O)c4ccc(Oc5ccc6c(c5)C(=O)N(CC(C)(C)CC(C)CCN5C(=O)c7ccc(Oc8ccc(C(=O)O)c(C(=O)OCCOCC(=C)C=O)c8)cc7C5=O)C6=O)cc4C2=O)C3=O)cc1C(=O)O. The first-order chi connectivity index (χ1) is 49.4. The molecule has 27 heteroatoms. The van der Waals surface area contributed by atoms with Crippen LogP contribution in [0.5, 0.6) is 34.5 Å². The third-order valence-electron chi connectivity index (χ3n) is 17.7. The molecule has 27 nitrogen and oxygen atoms in total. The van der Waals surface area contributed by atoms with Crippen molar-refractivity contribution in [1.82, 2.24) is 19.6 Å². The molecule has 2 unspecified atom stereocenters. The van der Waals surface area contributed by atoms with E-state index in [9.17, 15) is 77.3 Å². The van der Waals surface area contributed by atoms with Crippen LogP contribution < -0.4 is 14.2 Å². The number of carbonyl (C=O) groups excluding carboxylic acids is 12. The Hall–Kier alpha value is -12.3. The molecule has 0 bridgehead atoms. The zero-order valence-electron chi connectivity index (χ0n) is 57.6. The number of aromatic carboxylic acids is 2. The molecule has 4 aliphatic rings. The Morgan fingerprint density at radius 2 is 0.760 bits per heavy atom. The zero-order valence-corrected chi connectivity index (χ0v) is 57.6. The first-order valence-corrected chi connectivity index (χ1v) is 33.0. The number of hydrogen-bond acceptors (Lipinski definition) is 21. The van der Waals surface area contributed by atoms with Gasteiger partial charge in [-0.15, -0.1) is 0 Å². The molecule has 10 rings (SSSR count). The Bertz CT molecular complexity index is 4640. The summed E-state index contributed by atoms with van der Waals surface area (Å²) in [4.78, 5) is 187. The molecule has 0 fully saturated rings. The minimum Gasteiger partial charge on any atom is -0.478 e. The number of ether oxygens (including phenoxy) is 7. The third kappa shape index (κ3) is 16.5. The van der Waals surface area contributed by atoms with E-state index >= 15 is 0 Å². The molecule has 4 heterocycles. The van der Waals surface area contributed by atoms with Crippen LogP contribution in [0.15, 0.2) is 134 Å². The lowest BCUT2D eigenvalue weighted by Gasteiger charge is -2.32. The van der Waals surface area contributed by atoms with Crippen LogP contribution in [0, 0.1) is 22.7 Å². The lowest BCUT2D eigenvalue weighted by atomic mass is 9.81. The number of hydrogen-bond donors (Lipinski definition) is 2. The van der Waals surface area contributed by atoms with Crippen molar-refractivity contribution in [2.45, 2.75) is 67.2 Å². The maximum atomic E-state index is 14.0. The fourth-order valence-corrected chi connectivity index (χ4v) is 13.0. The van der Waals surface area contributed by atoms with E-state index in [1.807, 2.05) is 41.5 Å². The summed E-state index contributed by atoms with van der Waals surface area (Å²) in [5.41, 5.74) is -1.61. The number of carbonyl (C=O) groups is 14. The number of esters is 3. The molecule has 2 atom stereocenters. The maximum Gasteiger partial charge on any atom is 0.339 e. The van der Waals surface area contributed by atoms with Gasteiger partial charge in [0.05, 0.1) is 80.0 Å². The van der Waals surface area contributed by atoms with E-state index in [1.165, 1.54) is 102 Å². The highest BCUT2D eigenvalue weighted by atomic mass is 16.6. The molecule has 0 aliphatic carbocycles. The number of benzene rings is 6. The van der Waals surface area contributed by atoms with Gasteiger partial charge in [-0.05, 0) is 158 Å². The number of fused-ring (bicyclic) bond motifs is 4. The lowest BCUT2D eigenvalue weighted by Crippen LogP contribution is -2.39. The predicted molar refractivity (Wildman–Crippen MR) is 366 cm³/mol. The summed E-state index contributed by atoms with van der Waals surface area (Å²) in [7, 11) is 0. The third-order valence-corrected chi connectivity index (χ3v) is 17.7. The van der Waals surface area contributed by atoms with Crippen molar-refractivity contribution in [2.24, 2.45) is 22.7 Å². The van der Waals surface area contributed by atoms with E-state index in [2.05, 4.69) is 13.2 Å². The summed E-state index contributed by atoms with van der Waals surface area (Å²) in [6.07, 6.45) is 3.16. The van der Waals surface area contributed by atoms with Crippen LogP contribution in [0.1, 0.15) is 192 Å². The summed E-state index contributed by atoms with van der Waals surface area (Å²) in [5, 5.41) is 19.6.